The van der Waals surface area contributed by atoms with Gasteiger partial charge >= 0.3 is 0 Å². The quantitative estimate of drug-likeness (QED) is 0.854. The van der Waals surface area contributed by atoms with E-state index in [4.69, 9.17) is 11.6 Å². The minimum absolute atomic E-state index is 0.301. The van der Waals surface area contributed by atoms with Gasteiger partial charge in [-0.2, -0.15) is 0 Å². The summed E-state index contributed by atoms with van der Waals surface area (Å²) in [6.07, 6.45) is 1.16. The molecule has 1 aromatic rings. The van der Waals surface area contributed by atoms with Crippen LogP contribution >= 0.6 is 11.6 Å². The summed E-state index contributed by atoms with van der Waals surface area (Å²) in [5, 5.41) is 4.22. The molecule has 0 spiro atoms. The molecule has 0 heterocycles. The van der Waals surface area contributed by atoms with Crippen LogP contribution in [0.4, 0.5) is 0 Å². The van der Waals surface area contributed by atoms with Crippen molar-refractivity contribution >= 4 is 11.6 Å². The average Bonchev–Trinajstić information content (AvgIpc) is 2.31. The van der Waals surface area contributed by atoms with E-state index in [0.717, 1.165) is 24.5 Å². The average molecular weight is 283 g/mol. The molecule has 0 radical (unpaired) electrons. The van der Waals surface area contributed by atoms with Crippen LogP contribution in [0, 0.1) is 5.41 Å². The first kappa shape index (κ1) is 16.5. The van der Waals surface area contributed by atoms with Crippen molar-refractivity contribution in [1.82, 2.24) is 10.2 Å². The maximum atomic E-state index is 5.90. The SMILES string of the molecule is CNC(CCN(C)Cc1ccc(Cl)cc1)C(C)(C)C. The van der Waals surface area contributed by atoms with Crippen molar-refractivity contribution in [2.24, 2.45) is 5.41 Å². The summed E-state index contributed by atoms with van der Waals surface area (Å²) < 4.78 is 0. The van der Waals surface area contributed by atoms with E-state index < -0.39 is 0 Å². The Labute approximate surface area is 123 Å². The second kappa shape index (κ2) is 7.28. The van der Waals surface area contributed by atoms with Crippen LogP contribution in [0.1, 0.15) is 32.8 Å². The van der Waals surface area contributed by atoms with Gasteiger partial charge in [-0.05, 0) is 50.2 Å². The first-order chi connectivity index (χ1) is 8.82. The van der Waals surface area contributed by atoms with Crippen molar-refractivity contribution in [2.75, 3.05) is 20.6 Å². The Kier molecular flexibility index (Phi) is 6.31. The molecule has 0 aliphatic heterocycles. The molecule has 0 saturated heterocycles. The van der Waals surface area contributed by atoms with Crippen molar-refractivity contribution in [2.45, 2.75) is 39.8 Å². The molecular weight excluding hydrogens is 256 g/mol. The van der Waals surface area contributed by atoms with Gasteiger partial charge in [0.25, 0.3) is 0 Å². The molecule has 19 heavy (non-hydrogen) atoms. The Morgan fingerprint density at radius 1 is 1.21 bits per heavy atom. The number of hydrogen-bond donors (Lipinski definition) is 1. The van der Waals surface area contributed by atoms with Gasteiger partial charge < -0.3 is 10.2 Å². The molecule has 2 nitrogen and oxygen atoms in total. The van der Waals surface area contributed by atoms with Gasteiger partial charge in [-0.1, -0.05) is 44.5 Å². The van der Waals surface area contributed by atoms with E-state index in [1.807, 2.05) is 12.1 Å². The lowest BCUT2D eigenvalue weighted by Gasteiger charge is -2.32. The van der Waals surface area contributed by atoms with Crippen LogP contribution in [0.5, 0.6) is 0 Å². The number of nitrogens with zero attached hydrogens (tertiary/aromatic N) is 1. The molecule has 0 aliphatic carbocycles. The van der Waals surface area contributed by atoms with Crippen molar-refractivity contribution in [3.05, 3.63) is 34.9 Å². The Bertz CT molecular complexity index is 367. The lowest BCUT2D eigenvalue weighted by molar-refractivity contribution is 0.227. The molecule has 0 aliphatic rings. The van der Waals surface area contributed by atoms with Gasteiger partial charge in [0.15, 0.2) is 0 Å². The highest BCUT2D eigenvalue weighted by atomic mass is 35.5. The molecular formula is C16H27ClN2. The van der Waals surface area contributed by atoms with Crippen LogP contribution in [0.3, 0.4) is 0 Å². The van der Waals surface area contributed by atoms with Gasteiger partial charge in [0.1, 0.15) is 0 Å². The van der Waals surface area contributed by atoms with Crippen LogP contribution < -0.4 is 5.32 Å². The molecule has 0 fully saturated rings. The van der Waals surface area contributed by atoms with Crippen LogP contribution in [-0.2, 0) is 6.54 Å². The van der Waals surface area contributed by atoms with E-state index in [0.29, 0.717) is 11.5 Å². The van der Waals surface area contributed by atoms with Crippen molar-refractivity contribution in [1.29, 1.82) is 0 Å². The number of nitrogens with one attached hydrogen (secondary N) is 1. The van der Waals surface area contributed by atoms with Crippen LogP contribution in [0.25, 0.3) is 0 Å². The van der Waals surface area contributed by atoms with Crippen molar-refractivity contribution in [3.63, 3.8) is 0 Å². The Hall–Kier alpha value is -0.570. The number of halogens is 1. The highest BCUT2D eigenvalue weighted by molar-refractivity contribution is 6.30. The van der Waals surface area contributed by atoms with Gasteiger partial charge in [0.05, 0.1) is 0 Å². The third-order valence-corrected chi connectivity index (χ3v) is 3.81. The summed E-state index contributed by atoms with van der Waals surface area (Å²) >= 11 is 5.90. The number of hydrogen-bond acceptors (Lipinski definition) is 2. The van der Waals surface area contributed by atoms with Crippen LogP contribution in [0.2, 0.25) is 5.02 Å². The van der Waals surface area contributed by atoms with Crippen LogP contribution in [0.15, 0.2) is 24.3 Å². The topological polar surface area (TPSA) is 15.3 Å². The maximum absolute atomic E-state index is 5.90. The van der Waals surface area contributed by atoms with Gasteiger partial charge in [-0.3, -0.25) is 0 Å². The largest absolute Gasteiger partial charge is 0.316 e. The van der Waals surface area contributed by atoms with E-state index in [9.17, 15) is 0 Å². The summed E-state index contributed by atoms with van der Waals surface area (Å²) in [4.78, 5) is 2.36. The predicted octanol–water partition coefficient (Wildman–Crippen LogP) is 3.80. The Morgan fingerprint density at radius 3 is 2.26 bits per heavy atom. The third-order valence-electron chi connectivity index (χ3n) is 3.56. The molecule has 1 unspecified atom stereocenters. The molecule has 0 amide bonds. The number of rotatable bonds is 6. The Morgan fingerprint density at radius 2 is 1.79 bits per heavy atom. The molecule has 0 bridgehead atoms. The van der Waals surface area contributed by atoms with Gasteiger partial charge in [-0.15, -0.1) is 0 Å². The summed E-state index contributed by atoms with van der Waals surface area (Å²) in [7, 11) is 4.22. The fraction of sp³-hybridized carbons (Fsp3) is 0.625. The summed E-state index contributed by atoms with van der Waals surface area (Å²) in [5.74, 6) is 0. The molecule has 1 atom stereocenters. The molecule has 1 aromatic carbocycles. The van der Waals surface area contributed by atoms with Crippen molar-refractivity contribution in [3.8, 4) is 0 Å². The van der Waals surface area contributed by atoms with Gasteiger partial charge in [-0.25, -0.2) is 0 Å². The molecule has 3 heteroatoms. The molecule has 1 N–H and O–H groups in total. The highest BCUT2D eigenvalue weighted by Gasteiger charge is 2.22. The van der Waals surface area contributed by atoms with Crippen molar-refractivity contribution < 1.29 is 0 Å². The van der Waals surface area contributed by atoms with E-state index in [-0.39, 0.29) is 0 Å². The lowest BCUT2D eigenvalue weighted by atomic mass is 9.85. The predicted molar refractivity (Wildman–Crippen MR) is 84.7 cm³/mol. The lowest BCUT2D eigenvalue weighted by Crippen LogP contribution is -2.40. The zero-order valence-electron chi connectivity index (χ0n) is 12.8. The molecule has 0 aromatic heterocycles. The second-order valence-electron chi connectivity index (χ2n) is 6.36. The molecule has 1 rings (SSSR count). The van der Waals surface area contributed by atoms with E-state index >= 15 is 0 Å². The first-order valence-electron chi connectivity index (χ1n) is 6.93. The highest BCUT2D eigenvalue weighted by Crippen LogP contribution is 2.21. The summed E-state index contributed by atoms with van der Waals surface area (Å²) in [6, 6.07) is 8.64. The van der Waals surface area contributed by atoms with Gasteiger partial charge in [0.2, 0.25) is 0 Å². The minimum atomic E-state index is 0.301. The fourth-order valence-electron chi connectivity index (χ4n) is 2.34. The normalized spacial score (nSPS) is 13.8. The number of benzene rings is 1. The fourth-order valence-corrected chi connectivity index (χ4v) is 2.47. The smallest absolute Gasteiger partial charge is 0.0406 e. The minimum Gasteiger partial charge on any atom is -0.316 e. The maximum Gasteiger partial charge on any atom is 0.0406 e. The monoisotopic (exact) mass is 282 g/mol. The first-order valence-corrected chi connectivity index (χ1v) is 7.31. The molecule has 108 valence electrons. The summed E-state index contributed by atoms with van der Waals surface area (Å²) in [6.45, 7) is 8.91. The summed E-state index contributed by atoms with van der Waals surface area (Å²) in [5.41, 5.74) is 1.61. The van der Waals surface area contributed by atoms with E-state index in [1.165, 1.54) is 5.56 Å². The van der Waals surface area contributed by atoms with E-state index in [2.05, 4.69) is 57.2 Å². The second-order valence-corrected chi connectivity index (χ2v) is 6.80. The zero-order valence-corrected chi connectivity index (χ0v) is 13.6. The van der Waals surface area contributed by atoms with E-state index in [1.54, 1.807) is 0 Å². The standard InChI is InChI=1S/C16H27ClN2/c1-16(2,3)15(18-4)10-11-19(5)12-13-6-8-14(17)9-7-13/h6-9,15,18H,10-12H2,1-5H3. The molecule has 0 saturated carbocycles. The Balaban J connectivity index is 2.43. The third kappa shape index (κ3) is 5.94. The van der Waals surface area contributed by atoms with Gasteiger partial charge in [0, 0.05) is 17.6 Å². The van der Waals surface area contributed by atoms with Crippen LogP contribution in [-0.4, -0.2) is 31.6 Å². The zero-order chi connectivity index (χ0) is 14.5.